The summed E-state index contributed by atoms with van der Waals surface area (Å²) in [6.45, 7) is 6.62. The van der Waals surface area contributed by atoms with Crippen molar-refractivity contribution >= 4 is 0 Å². The summed E-state index contributed by atoms with van der Waals surface area (Å²) in [7, 11) is 0. The average Bonchev–Trinajstić information content (AvgIpc) is 3.00. The zero-order chi connectivity index (χ0) is 14.3. The number of H-pyrrole nitrogens is 1. The lowest BCUT2D eigenvalue weighted by atomic mass is 9.75. The van der Waals surface area contributed by atoms with E-state index in [2.05, 4.69) is 47.6 Å². The molecule has 4 nitrogen and oxygen atoms in total. The van der Waals surface area contributed by atoms with E-state index in [1.165, 1.54) is 5.69 Å². The quantitative estimate of drug-likeness (QED) is 0.902. The summed E-state index contributed by atoms with van der Waals surface area (Å²) in [5.41, 5.74) is 2.50. The fourth-order valence-electron chi connectivity index (χ4n) is 3.42. The highest BCUT2D eigenvalue weighted by molar-refractivity contribution is 5.30. The molecule has 2 N–H and O–H groups in total. The van der Waals surface area contributed by atoms with Crippen LogP contribution in [0.2, 0.25) is 0 Å². The highest BCUT2D eigenvalue weighted by Gasteiger charge is 2.34. The molecule has 0 aromatic carbocycles. The molecule has 108 valence electrons. The minimum atomic E-state index is -0.343. The largest absolute Gasteiger partial charge is 0.388 e. The number of aromatic nitrogens is 3. The second-order valence-corrected chi connectivity index (χ2v) is 6.58. The molecule has 3 rings (SSSR count). The van der Waals surface area contributed by atoms with E-state index in [4.69, 9.17) is 0 Å². The molecule has 4 heteroatoms. The lowest BCUT2D eigenvalue weighted by molar-refractivity contribution is 0.0976. The minimum Gasteiger partial charge on any atom is -0.388 e. The predicted octanol–water partition coefficient (Wildman–Crippen LogP) is 3.22. The van der Waals surface area contributed by atoms with Crippen LogP contribution in [0.4, 0.5) is 0 Å². The van der Waals surface area contributed by atoms with Gasteiger partial charge in [-0.05, 0) is 30.7 Å². The number of aliphatic hydroxyl groups is 1. The number of imidazole rings is 1. The molecule has 0 spiro atoms. The molecule has 2 heterocycles. The molecule has 20 heavy (non-hydrogen) atoms. The standard InChI is InChI=1S/C16H23N3O/c1-4-12(15-17-6-7-18-15)19-8-5-11-13(19)9-16(2,3)10-14(11)20/h5-8,12,14,20H,4,9-10H2,1-3H3,(H,17,18). The SMILES string of the molecule is CCC(c1ncc[nH]1)n1ccc2c1CC(C)(C)CC2O. The first-order chi connectivity index (χ1) is 9.52. The number of rotatable bonds is 3. The van der Waals surface area contributed by atoms with Crippen molar-refractivity contribution in [1.82, 2.24) is 14.5 Å². The van der Waals surface area contributed by atoms with E-state index in [1.807, 2.05) is 6.20 Å². The minimum absolute atomic E-state index is 0.143. The number of aliphatic hydroxyl groups excluding tert-OH is 1. The predicted molar refractivity (Wildman–Crippen MR) is 78.5 cm³/mol. The molecule has 0 radical (unpaired) electrons. The summed E-state index contributed by atoms with van der Waals surface area (Å²) in [4.78, 5) is 7.63. The van der Waals surface area contributed by atoms with Gasteiger partial charge in [-0.1, -0.05) is 20.8 Å². The van der Waals surface area contributed by atoms with Crippen LogP contribution in [-0.2, 0) is 6.42 Å². The van der Waals surface area contributed by atoms with Crippen molar-refractivity contribution in [3.05, 3.63) is 41.7 Å². The monoisotopic (exact) mass is 273 g/mol. The Balaban J connectivity index is 2.04. The molecule has 1 aliphatic carbocycles. The van der Waals surface area contributed by atoms with Crippen LogP contribution in [-0.4, -0.2) is 19.6 Å². The molecular weight excluding hydrogens is 250 g/mol. The first-order valence-electron chi connectivity index (χ1n) is 7.39. The molecule has 0 amide bonds. The van der Waals surface area contributed by atoms with Crippen LogP contribution in [0.1, 0.15) is 62.8 Å². The Morgan fingerprint density at radius 1 is 1.55 bits per heavy atom. The maximum absolute atomic E-state index is 10.4. The zero-order valence-electron chi connectivity index (χ0n) is 12.4. The van der Waals surface area contributed by atoms with Gasteiger partial charge in [0, 0.05) is 29.8 Å². The molecular formula is C16H23N3O. The van der Waals surface area contributed by atoms with Crippen LogP contribution in [0.25, 0.3) is 0 Å². The van der Waals surface area contributed by atoms with E-state index in [-0.39, 0.29) is 17.6 Å². The van der Waals surface area contributed by atoms with Gasteiger partial charge in [0.15, 0.2) is 0 Å². The van der Waals surface area contributed by atoms with Crippen molar-refractivity contribution in [3.63, 3.8) is 0 Å². The number of aromatic amines is 1. The van der Waals surface area contributed by atoms with Crippen LogP contribution in [0.15, 0.2) is 24.7 Å². The second kappa shape index (κ2) is 4.77. The fraction of sp³-hybridized carbons (Fsp3) is 0.562. The number of nitrogens with zero attached hydrogens (tertiary/aromatic N) is 2. The first-order valence-corrected chi connectivity index (χ1v) is 7.39. The summed E-state index contributed by atoms with van der Waals surface area (Å²) >= 11 is 0. The van der Waals surface area contributed by atoms with Gasteiger partial charge in [-0.25, -0.2) is 4.98 Å². The summed E-state index contributed by atoms with van der Waals surface area (Å²) in [6.07, 6.45) is 8.24. The first kappa shape index (κ1) is 13.4. The van der Waals surface area contributed by atoms with Crippen molar-refractivity contribution in [2.24, 2.45) is 5.41 Å². The molecule has 2 atom stereocenters. The molecule has 0 bridgehead atoms. The normalized spacial score (nSPS) is 22.5. The van der Waals surface area contributed by atoms with Crippen molar-refractivity contribution < 1.29 is 5.11 Å². The van der Waals surface area contributed by atoms with E-state index in [0.717, 1.165) is 30.7 Å². The fourth-order valence-corrected chi connectivity index (χ4v) is 3.42. The molecule has 2 aromatic rings. The summed E-state index contributed by atoms with van der Waals surface area (Å²) in [5, 5.41) is 10.4. The van der Waals surface area contributed by atoms with Gasteiger partial charge >= 0.3 is 0 Å². The van der Waals surface area contributed by atoms with Gasteiger partial charge < -0.3 is 14.7 Å². The zero-order valence-corrected chi connectivity index (χ0v) is 12.4. The Hall–Kier alpha value is -1.55. The number of hydrogen-bond acceptors (Lipinski definition) is 2. The Morgan fingerprint density at radius 3 is 3.00 bits per heavy atom. The third-order valence-electron chi connectivity index (χ3n) is 4.37. The summed E-state index contributed by atoms with van der Waals surface area (Å²) in [5.74, 6) is 0.990. The second-order valence-electron chi connectivity index (χ2n) is 6.58. The lowest BCUT2D eigenvalue weighted by Gasteiger charge is -2.34. The highest BCUT2D eigenvalue weighted by atomic mass is 16.3. The third kappa shape index (κ3) is 2.18. The van der Waals surface area contributed by atoms with Gasteiger partial charge in [-0.2, -0.15) is 0 Å². The topological polar surface area (TPSA) is 53.8 Å². The third-order valence-corrected chi connectivity index (χ3v) is 4.37. The summed E-state index contributed by atoms with van der Waals surface area (Å²) in [6, 6.07) is 2.29. The van der Waals surface area contributed by atoms with E-state index in [9.17, 15) is 5.11 Å². The van der Waals surface area contributed by atoms with Crippen molar-refractivity contribution in [2.45, 2.75) is 52.2 Å². The molecule has 1 aliphatic rings. The Labute approximate surface area is 119 Å². The maximum Gasteiger partial charge on any atom is 0.129 e. The van der Waals surface area contributed by atoms with Crippen molar-refractivity contribution in [1.29, 1.82) is 0 Å². The maximum atomic E-state index is 10.4. The van der Waals surface area contributed by atoms with Crippen LogP contribution < -0.4 is 0 Å². The number of hydrogen-bond donors (Lipinski definition) is 2. The number of nitrogens with one attached hydrogen (secondary N) is 1. The van der Waals surface area contributed by atoms with Gasteiger partial charge in [-0.3, -0.25) is 0 Å². The van der Waals surface area contributed by atoms with E-state index in [0.29, 0.717) is 0 Å². The van der Waals surface area contributed by atoms with Gasteiger partial charge in [0.2, 0.25) is 0 Å². The molecule has 0 fully saturated rings. The van der Waals surface area contributed by atoms with Crippen LogP contribution in [0.3, 0.4) is 0 Å². The molecule has 2 aromatic heterocycles. The molecule has 0 saturated heterocycles. The number of fused-ring (bicyclic) bond motifs is 1. The van der Waals surface area contributed by atoms with E-state index >= 15 is 0 Å². The Morgan fingerprint density at radius 2 is 2.35 bits per heavy atom. The van der Waals surface area contributed by atoms with Gasteiger partial charge in [-0.15, -0.1) is 0 Å². The van der Waals surface area contributed by atoms with E-state index < -0.39 is 0 Å². The van der Waals surface area contributed by atoms with Crippen molar-refractivity contribution in [2.75, 3.05) is 0 Å². The van der Waals surface area contributed by atoms with Crippen LogP contribution in [0, 0.1) is 5.41 Å². The van der Waals surface area contributed by atoms with E-state index in [1.54, 1.807) is 6.20 Å². The lowest BCUT2D eigenvalue weighted by Crippen LogP contribution is -2.28. The molecule has 0 aliphatic heterocycles. The Bertz CT molecular complexity index is 583. The van der Waals surface area contributed by atoms with Gasteiger partial charge in [0.05, 0.1) is 12.1 Å². The molecule has 0 saturated carbocycles. The van der Waals surface area contributed by atoms with Crippen molar-refractivity contribution in [3.8, 4) is 0 Å². The van der Waals surface area contributed by atoms with Gasteiger partial charge in [0.25, 0.3) is 0 Å². The average molecular weight is 273 g/mol. The highest BCUT2D eigenvalue weighted by Crippen LogP contribution is 2.42. The molecule has 2 unspecified atom stereocenters. The van der Waals surface area contributed by atoms with Crippen LogP contribution >= 0.6 is 0 Å². The Kier molecular flexibility index (Phi) is 3.21. The van der Waals surface area contributed by atoms with Gasteiger partial charge in [0.1, 0.15) is 5.82 Å². The summed E-state index contributed by atoms with van der Waals surface area (Å²) < 4.78 is 2.29. The van der Waals surface area contributed by atoms with Crippen LogP contribution in [0.5, 0.6) is 0 Å². The smallest absolute Gasteiger partial charge is 0.129 e.